The molecule has 0 bridgehead atoms. The van der Waals surface area contributed by atoms with E-state index < -0.39 is 0 Å². The lowest BCUT2D eigenvalue weighted by Crippen LogP contribution is -2.33. The van der Waals surface area contributed by atoms with Gasteiger partial charge < -0.3 is 9.88 Å². The Morgan fingerprint density at radius 1 is 1.19 bits per heavy atom. The predicted molar refractivity (Wildman–Crippen MR) is 101 cm³/mol. The lowest BCUT2D eigenvalue weighted by molar-refractivity contribution is -0.123. The van der Waals surface area contributed by atoms with E-state index in [0.717, 1.165) is 16.5 Å². The topological polar surface area (TPSA) is 85.6 Å². The highest BCUT2D eigenvalue weighted by Crippen LogP contribution is 2.20. The molecule has 3 heterocycles. The van der Waals surface area contributed by atoms with Crippen LogP contribution in [0.5, 0.6) is 0 Å². The van der Waals surface area contributed by atoms with Gasteiger partial charge in [0.15, 0.2) is 10.8 Å². The van der Waals surface area contributed by atoms with Crippen LogP contribution in [0.15, 0.2) is 36.2 Å². The lowest BCUT2D eigenvalue weighted by atomic mass is 10.2. The molecule has 0 aliphatic carbocycles. The summed E-state index contributed by atoms with van der Waals surface area (Å²) in [5, 5.41) is 5.75. The molecule has 1 atom stereocenters. The molecule has 26 heavy (non-hydrogen) atoms. The Balaban J connectivity index is 1.54. The first kappa shape index (κ1) is 18.2. The summed E-state index contributed by atoms with van der Waals surface area (Å²) in [4.78, 5) is 29.7. The van der Waals surface area contributed by atoms with Gasteiger partial charge in [-0.05, 0) is 13.0 Å². The molecule has 3 rings (SSSR count). The number of nitrogens with zero attached hydrogens (tertiary/aromatic N) is 5. The van der Waals surface area contributed by atoms with Crippen LogP contribution in [0.25, 0.3) is 10.8 Å². The number of amides is 1. The number of aromatic nitrogens is 5. The maximum Gasteiger partial charge on any atom is 0.242 e. The predicted octanol–water partition coefficient (Wildman–Crippen LogP) is 2.84. The van der Waals surface area contributed by atoms with E-state index in [1.54, 1.807) is 24.7 Å². The summed E-state index contributed by atoms with van der Waals surface area (Å²) in [6.45, 7) is 6.56. The van der Waals surface area contributed by atoms with Crippen molar-refractivity contribution in [2.45, 2.75) is 39.2 Å². The molecule has 7 nitrogen and oxygen atoms in total. The Labute approximate surface area is 156 Å². The third-order valence-electron chi connectivity index (χ3n) is 4.00. The van der Waals surface area contributed by atoms with Gasteiger partial charge in [-0.15, -0.1) is 11.3 Å². The molecular weight excluding hydrogens is 348 g/mol. The zero-order valence-electron chi connectivity index (χ0n) is 15.1. The fourth-order valence-corrected chi connectivity index (χ4v) is 3.42. The molecule has 0 unspecified atom stereocenters. The van der Waals surface area contributed by atoms with E-state index in [0.29, 0.717) is 18.8 Å². The number of carbonyl (C=O) groups is 1. The second-order valence-corrected chi connectivity index (χ2v) is 7.14. The van der Waals surface area contributed by atoms with Gasteiger partial charge in [0, 0.05) is 49.1 Å². The Hall–Kier alpha value is -2.61. The molecule has 1 amide bonds. The Morgan fingerprint density at radius 3 is 2.69 bits per heavy atom. The summed E-state index contributed by atoms with van der Waals surface area (Å²) < 4.78 is 1.92. The smallest absolute Gasteiger partial charge is 0.242 e. The third kappa shape index (κ3) is 4.13. The van der Waals surface area contributed by atoms with Crippen molar-refractivity contribution in [3.63, 3.8) is 0 Å². The standard InChI is InChI=1S/C18H22N6OS/c1-12(2)16-21-9-10-24(16)13(3)17(25)22-8-5-14-11-26-18(23-14)15-19-6-4-7-20-15/h4,6-7,9-13H,5,8H2,1-3H3,(H,22,25)/t13-/m1/s1. The summed E-state index contributed by atoms with van der Waals surface area (Å²) in [6.07, 6.45) is 7.66. The van der Waals surface area contributed by atoms with Crippen LogP contribution in [0.3, 0.4) is 0 Å². The fourth-order valence-electron chi connectivity index (χ4n) is 2.62. The van der Waals surface area contributed by atoms with Crippen LogP contribution < -0.4 is 5.32 Å². The van der Waals surface area contributed by atoms with Gasteiger partial charge in [0.2, 0.25) is 5.91 Å². The van der Waals surface area contributed by atoms with E-state index >= 15 is 0 Å². The van der Waals surface area contributed by atoms with Gasteiger partial charge in [-0.1, -0.05) is 13.8 Å². The monoisotopic (exact) mass is 370 g/mol. The van der Waals surface area contributed by atoms with Crippen molar-refractivity contribution < 1.29 is 4.79 Å². The van der Waals surface area contributed by atoms with Gasteiger partial charge in [-0.2, -0.15) is 0 Å². The van der Waals surface area contributed by atoms with Crippen LogP contribution in [0.2, 0.25) is 0 Å². The normalized spacial score (nSPS) is 12.3. The van der Waals surface area contributed by atoms with E-state index in [1.165, 1.54) is 11.3 Å². The van der Waals surface area contributed by atoms with Crippen molar-refractivity contribution in [2.75, 3.05) is 6.54 Å². The number of hydrogen-bond donors (Lipinski definition) is 1. The van der Waals surface area contributed by atoms with Crippen molar-refractivity contribution in [2.24, 2.45) is 0 Å². The number of rotatable bonds is 7. The van der Waals surface area contributed by atoms with E-state index in [-0.39, 0.29) is 17.9 Å². The molecule has 3 aromatic rings. The molecule has 3 aromatic heterocycles. The minimum Gasteiger partial charge on any atom is -0.354 e. The van der Waals surface area contributed by atoms with Crippen LogP contribution in [-0.2, 0) is 11.2 Å². The van der Waals surface area contributed by atoms with Gasteiger partial charge in [0.1, 0.15) is 11.9 Å². The van der Waals surface area contributed by atoms with Gasteiger partial charge in [0.05, 0.1) is 5.69 Å². The molecule has 0 aliphatic heterocycles. The van der Waals surface area contributed by atoms with E-state index in [9.17, 15) is 4.79 Å². The quantitative estimate of drug-likeness (QED) is 0.691. The highest BCUT2D eigenvalue weighted by Gasteiger charge is 2.19. The zero-order chi connectivity index (χ0) is 18.5. The first-order valence-electron chi connectivity index (χ1n) is 8.58. The van der Waals surface area contributed by atoms with Crippen molar-refractivity contribution in [1.29, 1.82) is 0 Å². The van der Waals surface area contributed by atoms with Gasteiger partial charge in [-0.3, -0.25) is 4.79 Å². The Bertz CT molecular complexity index is 857. The largest absolute Gasteiger partial charge is 0.354 e. The average Bonchev–Trinajstić information content (AvgIpc) is 3.31. The first-order chi connectivity index (χ1) is 12.6. The molecule has 136 valence electrons. The first-order valence-corrected chi connectivity index (χ1v) is 9.46. The summed E-state index contributed by atoms with van der Waals surface area (Å²) in [6, 6.07) is 1.48. The van der Waals surface area contributed by atoms with Crippen molar-refractivity contribution in [1.82, 2.24) is 29.8 Å². The molecule has 0 spiro atoms. The molecule has 0 fully saturated rings. The number of imidazole rings is 1. The summed E-state index contributed by atoms with van der Waals surface area (Å²) in [5.41, 5.74) is 0.927. The number of thiazole rings is 1. The summed E-state index contributed by atoms with van der Waals surface area (Å²) >= 11 is 1.51. The van der Waals surface area contributed by atoms with Crippen molar-refractivity contribution in [3.05, 3.63) is 47.8 Å². The Kier molecular flexibility index (Phi) is 5.72. The average molecular weight is 370 g/mol. The molecule has 8 heteroatoms. The molecular formula is C18H22N6OS. The van der Waals surface area contributed by atoms with Crippen LogP contribution in [0.4, 0.5) is 0 Å². The van der Waals surface area contributed by atoms with Crippen LogP contribution in [-0.4, -0.2) is 37.0 Å². The van der Waals surface area contributed by atoms with E-state index in [2.05, 4.69) is 39.1 Å². The lowest BCUT2D eigenvalue weighted by Gasteiger charge is -2.17. The van der Waals surface area contributed by atoms with Crippen LogP contribution >= 0.6 is 11.3 Å². The Morgan fingerprint density at radius 2 is 1.96 bits per heavy atom. The summed E-state index contributed by atoms with van der Waals surface area (Å²) in [7, 11) is 0. The molecule has 1 N–H and O–H groups in total. The van der Waals surface area contributed by atoms with E-state index in [4.69, 9.17) is 0 Å². The highest BCUT2D eigenvalue weighted by atomic mass is 32.1. The zero-order valence-corrected chi connectivity index (χ0v) is 15.9. The molecule has 0 radical (unpaired) electrons. The van der Waals surface area contributed by atoms with Gasteiger partial charge in [0.25, 0.3) is 0 Å². The summed E-state index contributed by atoms with van der Waals surface area (Å²) in [5.74, 6) is 1.79. The number of nitrogens with one attached hydrogen (secondary N) is 1. The van der Waals surface area contributed by atoms with Crippen LogP contribution in [0.1, 0.15) is 44.2 Å². The maximum absolute atomic E-state index is 12.4. The molecule has 0 aromatic carbocycles. The second-order valence-electron chi connectivity index (χ2n) is 6.28. The molecule has 0 aliphatic rings. The van der Waals surface area contributed by atoms with Crippen molar-refractivity contribution in [3.8, 4) is 10.8 Å². The van der Waals surface area contributed by atoms with Crippen LogP contribution in [0, 0.1) is 0 Å². The maximum atomic E-state index is 12.4. The molecule has 0 saturated carbocycles. The fraction of sp³-hybridized carbons (Fsp3) is 0.389. The highest BCUT2D eigenvalue weighted by molar-refractivity contribution is 7.13. The van der Waals surface area contributed by atoms with Crippen molar-refractivity contribution >= 4 is 17.2 Å². The molecule has 0 saturated heterocycles. The second kappa shape index (κ2) is 8.18. The van der Waals surface area contributed by atoms with E-state index in [1.807, 2.05) is 23.1 Å². The van der Waals surface area contributed by atoms with Gasteiger partial charge >= 0.3 is 0 Å². The number of hydrogen-bond acceptors (Lipinski definition) is 6. The minimum atomic E-state index is -0.293. The van der Waals surface area contributed by atoms with Gasteiger partial charge in [-0.25, -0.2) is 19.9 Å². The SMILES string of the molecule is CC(C)c1nccn1[C@H](C)C(=O)NCCc1csc(-c2ncccn2)n1. The minimum absolute atomic E-state index is 0.0215. The third-order valence-corrected chi connectivity index (χ3v) is 4.89. The number of carbonyl (C=O) groups excluding carboxylic acids is 1.